The van der Waals surface area contributed by atoms with Gasteiger partial charge in [-0.3, -0.25) is 14.4 Å². The van der Waals surface area contributed by atoms with Crippen molar-refractivity contribution in [2.45, 2.75) is 13.5 Å². The summed E-state index contributed by atoms with van der Waals surface area (Å²) in [6, 6.07) is 19.0. The fourth-order valence-electron chi connectivity index (χ4n) is 2.79. The Morgan fingerprint density at radius 2 is 1.71 bits per heavy atom. The molecule has 0 aromatic heterocycles. The molecule has 3 aromatic rings. The zero-order chi connectivity index (χ0) is 25.2. The Morgan fingerprint density at radius 1 is 0.943 bits per heavy atom. The first-order valence-corrected chi connectivity index (χ1v) is 11.2. The second-order valence-electron chi connectivity index (χ2n) is 7.41. The zero-order valence-corrected chi connectivity index (χ0v) is 20.2. The van der Waals surface area contributed by atoms with Crippen LogP contribution in [0.4, 0.5) is 5.69 Å². The fourth-order valence-corrected chi connectivity index (χ4v) is 3.09. The third-order valence-electron chi connectivity index (χ3n) is 4.59. The molecule has 0 saturated carbocycles. The molecule has 3 aromatic carbocycles. The predicted molar refractivity (Wildman–Crippen MR) is 136 cm³/mol. The molecule has 0 spiro atoms. The van der Waals surface area contributed by atoms with E-state index in [0.29, 0.717) is 27.0 Å². The number of anilines is 1. The van der Waals surface area contributed by atoms with Crippen LogP contribution in [0, 0.1) is 6.92 Å². The molecule has 0 heterocycles. The van der Waals surface area contributed by atoms with E-state index in [9.17, 15) is 14.4 Å². The van der Waals surface area contributed by atoms with Crippen LogP contribution in [0.3, 0.4) is 0 Å². The van der Waals surface area contributed by atoms with Crippen molar-refractivity contribution in [2.24, 2.45) is 5.10 Å². The molecule has 3 N–H and O–H groups in total. The molecule has 0 aliphatic heterocycles. The van der Waals surface area contributed by atoms with E-state index in [1.807, 2.05) is 31.2 Å². The van der Waals surface area contributed by atoms with Crippen LogP contribution in [-0.2, 0) is 20.9 Å². The minimum absolute atomic E-state index is 0.230. The van der Waals surface area contributed by atoms with Crippen molar-refractivity contribution in [2.75, 3.05) is 11.9 Å². The highest BCUT2D eigenvalue weighted by atomic mass is 35.5. The number of hydrazone groups is 1. The number of rotatable bonds is 8. The van der Waals surface area contributed by atoms with Crippen LogP contribution in [0.25, 0.3) is 0 Å². The summed E-state index contributed by atoms with van der Waals surface area (Å²) in [7, 11) is 0. The summed E-state index contributed by atoms with van der Waals surface area (Å²) in [6.45, 7) is 1.96. The van der Waals surface area contributed by atoms with Gasteiger partial charge in [-0.1, -0.05) is 65.2 Å². The summed E-state index contributed by atoms with van der Waals surface area (Å²) in [6.07, 6.45) is 1.35. The maximum Gasteiger partial charge on any atom is 0.329 e. The highest BCUT2D eigenvalue weighted by Gasteiger charge is 2.12. The monoisotopic (exact) mass is 512 g/mol. The van der Waals surface area contributed by atoms with Gasteiger partial charge in [-0.25, -0.2) is 5.43 Å². The van der Waals surface area contributed by atoms with Crippen LogP contribution in [0.1, 0.15) is 16.7 Å². The van der Waals surface area contributed by atoms with Crippen LogP contribution < -0.4 is 20.8 Å². The molecular formula is C25H22Cl2N4O4. The summed E-state index contributed by atoms with van der Waals surface area (Å²) in [5.41, 5.74) is 5.24. The van der Waals surface area contributed by atoms with Gasteiger partial charge >= 0.3 is 11.8 Å². The Hall–Kier alpha value is -3.88. The Kier molecular flexibility index (Phi) is 9.23. The molecule has 180 valence electrons. The lowest BCUT2D eigenvalue weighted by molar-refractivity contribution is -0.139. The van der Waals surface area contributed by atoms with Crippen LogP contribution >= 0.6 is 23.2 Å². The lowest BCUT2D eigenvalue weighted by Gasteiger charge is -2.08. The number of halogens is 2. The number of hydrogen-bond donors (Lipinski definition) is 3. The summed E-state index contributed by atoms with van der Waals surface area (Å²) in [4.78, 5) is 36.0. The molecule has 0 atom stereocenters. The second kappa shape index (κ2) is 12.5. The van der Waals surface area contributed by atoms with Crippen LogP contribution in [-0.4, -0.2) is 30.5 Å². The van der Waals surface area contributed by atoms with Crippen molar-refractivity contribution < 1.29 is 19.1 Å². The largest absolute Gasteiger partial charge is 0.484 e. The number of carbonyl (C=O) groups excluding carboxylic acids is 3. The Morgan fingerprint density at radius 3 is 2.46 bits per heavy atom. The lowest BCUT2D eigenvalue weighted by atomic mass is 10.1. The van der Waals surface area contributed by atoms with E-state index in [-0.39, 0.29) is 19.1 Å². The average Bonchev–Trinajstić information content (AvgIpc) is 2.84. The van der Waals surface area contributed by atoms with Crippen LogP contribution in [0.15, 0.2) is 71.8 Å². The molecule has 0 unspecified atom stereocenters. The normalized spacial score (nSPS) is 10.6. The van der Waals surface area contributed by atoms with Gasteiger partial charge in [-0.05, 0) is 48.4 Å². The van der Waals surface area contributed by atoms with Crippen molar-refractivity contribution in [3.05, 3.63) is 93.5 Å². The zero-order valence-electron chi connectivity index (χ0n) is 18.7. The number of amides is 3. The predicted octanol–water partition coefficient (Wildman–Crippen LogP) is 4.09. The molecular weight excluding hydrogens is 491 g/mol. The van der Waals surface area contributed by atoms with Gasteiger partial charge in [-0.2, -0.15) is 5.10 Å². The standard InChI is InChI=1S/C25H22Cl2N4O4/c1-16-5-7-17(8-6-16)13-28-24(33)25(34)31-29-14-18-3-2-4-20(11-18)35-15-23(32)30-19-9-10-21(26)22(27)12-19/h2-12,14H,13,15H2,1H3,(H,28,33)(H,30,32)(H,31,34)/b29-14-. The van der Waals surface area contributed by atoms with Gasteiger partial charge in [0, 0.05) is 12.2 Å². The first-order valence-electron chi connectivity index (χ1n) is 10.4. The van der Waals surface area contributed by atoms with E-state index in [1.165, 1.54) is 12.3 Å². The van der Waals surface area contributed by atoms with Gasteiger partial charge in [0.1, 0.15) is 5.75 Å². The smallest absolute Gasteiger partial charge is 0.329 e. The van der Waals surface area contributed by atoms with Crippen molar-refractivity contribution in [1.82, 2.24) is 10.7 Å². The second-order valence-corrected chi connectivity index (χ2v) is 8.22. The quantitative estimate of drug-likeness (QED) is 0.240. The lowest BCUT2D eigenvalue weighted by Crippen LogP contribution is -2.37. The van der Waals surface area contributed by atoms with Gasteiger partial charge in [0.25, 0.3) is 5.91 Å². The van der Waals surface area contributed by atoms with Gasteiger partial charge in [0.05, 0.1) is 16.3 Å². The summed E-state index contributed by atoms with van der Waals surface area (Å²) in [5.74, 6) is -1.65. The minimum Gasteiger partial charge on any atom is -0.484 e. The maximum atomic E-state index is 12.1. The van der Waals surface area contributed by atoms with Gasteiger partial charge < -0.3 is 15.4 Å². The number of aryl methyl sites for hydroxylation is 1. The SMILES string of the molecule is Cc1ccc(CNC(=O)C(=O)N/N=C\c2cccc(OCC(=O)Nc3ccc(Cl)c(Cl)c3)c2)cc1. The van der Waals surface area contributed by atoms with Gasteiger partial charge in [0.15, 0.2) is 6.61 Å². The Bertz CT molecular complexity index is 1250. The van der Waals surface area contributed by atoms with Crippen molar-refractivity contribution in [3.8, 4) is 5.75 Å². The fraction of sp³-hybridized carbons (Fsp3) is 0.120. The van der Waals surface area contributed by atoms with Crippen molar-refractivity contribution >= 4 is 52.8 Å². The number of benzene rings is 3. The maximum absolute atomic E-state index is 12.1. The van der Waals surface area contributed by atoms with E-state index in [2.05, 4.69) is 21.2 Å². The van der Waals surface area contributed by atoms with Crippen molar-refractivity contribution in [3.63, 3.8) is 0 Å². The molecule has 0 saturated heterocycles. The molecule has 0 bridgehead atoms. The molecule has 0 radical (unpaired) electrons. The van der Waals surface area contributed by atoms with Crippen molar-refractivity contribution in [1.29, 1.82) is 0 Å². The first-order chi connectivity index (χ1) is 16.8. The Labute approximate surface area is 212 Å². The highest BCUT2D eigenvalue weighted by Crippen LogP contribution is 2.25. The molecule has 3 rings (SSSR count). The number of carbonyl (C=O) groups is 3. The number of nitrogens with one attached hydrogen (secondary N) is 3. The molecule has 8 nitrogen and oxygen atoms in total. The first kappa shape index (κ1) is 25.7. The molecule has 0 aliphatic rings. The summed E-state index contributed by atoms with van der Waals surface area (Å²) >= 11 is 11.8. The van der Waals surface area contributed by atoms with Gasteiger partial charge in [0.2, 0.25) is 0 Å². The van der Waals surface area contributed by atoms with Crippen LogP contribution in [0.2, 0.25) is 10.0 Å². The molecule has 0 aliphatic carbocycles. The van der Waals surface area contributed by atoms with E-state index in [1.54, 1.807) is 36.4 Å². The van der Waals surface area contributed by atoms with E-state index in [0.717, 1.165) is 11.1 Å². The highest BCUT2D eigenvalue weighted by molar-refractivity contribution is 6.42. The van der Waals surface area contributed by atoms with E-state index in [4.69, 9.17) is 27.9 Å². The van der Waals surface area contributed by atoms with E-state index < -0.39 is 11.8 Å². The third-order valence-corrected chi connectivity index (χ3v) is 5.33. The summed E-state index contributed by atoms with van der Waals surface area (Å²) in [5, 5.41) is 9.69. The number of ether oxygens (including phenoxy) is 1. The minimum atomic E-state index is -0.889. The third kappa shape index (κ3) is 8.44. The molecule has 10 heteroatoms. The number of nitrogens with zero attached hydrogens (tertiary/aromatic N) is 1. The molecule has 35 heavy (non-hydrogen) atoms. The average molecular weight is 513 g/mol. The topological polar surface area (TPSA) is 109 Å². The Balaban J connectivity index is 1.44. The molecule has 0 fully saturated rings. The summed E-state index contributed by atoms with van der Waals surface area (Å²) < 4.78 is 5.50. The number of hydrogen-bond acceptors (Lipinski definition) is 5. The molecule has 3 amide bonds. The van der Waals surface area contributed by atoms with E-state index >= 15 is 0 Å². The van der Waals surface area contributed by atoms with Crippen LogP contribution in [0.5, 0.6) is 5.75 Å². The van der Waals surface area contributed by atoms with Gasteiger partial charge in [-0.15, -0.1) is 0 Å².